The van der Waals surface area contributed by atoms with Gasteiger partial charge in [0, 0.05) is 5.56 Å². The molecule has 0 aliphatic rings. The summed E-state index contributed by atoms with van der Waals surface area (Å²) in [5.41, 5.74) is -5.11. The fourth-order valence-corrected chi connectivity index (χ4v) is 4.86. The van der Waals surface area contributed by atoms with Crippen molar-refractivity contribution in [2.24, 2.45) is 0 Å². The van der Waals surface area contributed by atoms with Gasteiger partial charge in [-0.3, -0.25) is 4.57 Å². The Kier molecular flexibility index (Phi) is 7.41. The summed E-state index contributed by atoms with van der Waals surface area (Å²) < 4.78 is 103. The molecule has 0 fully saturated rings. The number of rotatable bonds is 9. The minimum absolute atomic E-state index is 0.0865. The maximum Gasteiger partial charge on any atom is 0.442 e. The summed E-state index contributed by atoms with van der Waals surface area (Å²) in [5, 5.41) is 0. The molecule has 2 aromatic carbocycles. The maximum atomic E-state index is 13.6. The van der Waals surface area contributed by atoms with Gasteiger partial charge in [-0.15, -0.1) is 0 Å². The van der Waals surface area contributed by atoms with Crippen LogP contribution in [0.5, 0.6) is 5.75 Å². The second-order valence-electron chi connectivity index (χ2n) is 6.39. The first kappa shape index (κ1) is 25.5. The summed E-state index contributed by atoms with van der Waals surface area (Å²) in [4.78, 5) is 26.4. The van der Waals surface area contributed by atoms with E-state index in [4.69, 9.17) is 14.7 Å². The fourth-order valence-electron chi connectivity index (χ4n) is 2.37. The topological polar surface area (TPSA) is 138 Å². The van der Waals surface area contributed by atoms with Crippen molar-refractivity contribution in [3.8, 4) is 5.75 Å². The highest BCUT2D eigenvalue weighted by molar-refractivity contribution is 7.89. The highest BCUT2D eigenvalue weighted by Gasteiger charge is 2.50. The number of sulfone groups is 1. The highest BCUT2D eigenvalue weighted by atomic mass is 32.2. The Morgan fingerprint density at radius 3 is 1.68 bits per heavy atom. The molecule has 0 aliphatic carbocycles. The quantitative estimate of drug-likeness (QED) is 0.345. The third-order valence-corrected chi connectivity index (χ3v) is 7.35. The molecule has 31 heavy (non-hydrogen) atoms. The van der Waals surface area contributed by atoms with Gasteiger partial charge >= 0.3 is 27.0 Å². The Morgan fingerprint density at radius 1 is 0.871 bits per heavy atom. The van der Waals surface area contributed by atoms with Gasteiger partial charge < -0.3 is 19.2 Å². The SMILES string of the molecule is O=P(O)(Oc1ccc(CS(=O)(=O)Cc2ccc(C(F)(F)P(=O)(O)O)cc2)cc1)C(F)F. The minimum atomic E-state index is -5.75. The van der Waals surface area contributed by atoms with Crippen LogP contribution in [0.15, 0.2) is 48.5 Å². The van der Waals surface area contributed by atoms with Crippen molar-refractivity contribution in [1.82, 2.24) is 0 Å². The van der Waals surface area contributed by atoms with Gasteiger partial charge in [0.15, 0.2) is 9.84 Å². The largest absolute Gasteiger partial charge is 0.442 e. The molecule has 2 aromatic rings. The van der Waals surface area contributed by atoms with E-state index >= 15 is 0 Å². The summed E-state index contributed by atoms with van der Waals surface area (Å²) in [5.74, 6) is -1.47. The zero-order chi connectivity index (χ0) is 23.7. The lowest BCUT2D eigenvalue weighted by Crippen LogP contribution is -2.14. The van der Waals surface area contributed by atoms with Gasteiger partial charge in [-0.1, -0.05) is 36.4 Å². The van der Waals surface area contributed by atoms with Gasteiger partial charge in [0.2, 0.25) is 0 Å². The molecule has 0 amide bonds. The van der Waals surface area contributed by atoms with Crippen molar-refractivity contribution < 1.29 is 54.3 Å². The van der Waals surface area contributed by atoms with Crippen LogP contribution in [0, 0.1) is 0 Å². The van der Waals surface area contributed by atoms with E-state index in [2.05, 4.69) is 4.52 Å². The van der Waals surface area contributed by atoms with Gasteiger partial charge in [0.25, 0.3) is 0 Å². The lowest BCUT2D eigenvalue weighted by atomic mass is 10.1. The smallest absolute Gasteiger partial charge is 0.421 e. The fraction of sp³-hybridized carbons (Fsp3) is 0.250. The van der Waals surface area contributed by atoms with Crippen LogP contribution in [0.3, 0.4) is 0 Å². The molecular weight excluding hydrogens is 490 g/mol. The molecule has 0 saturated heterocycles. The third-order valence-electron chi connectivity index (χ3n) is 3.85. The molecule has 2 rings (SSSR count). The Labute approximate surface area is 174 Å². The molecule has 3 N–H and O–H groups in total. The second-order valence-corrected chi connectivity index (χ2v) is 11.8. The van der Waals surface area contributed by atoms with Gasteiger partial charge in [-0.25, -0.2) is 13.0 Å². The number of hydrogen-bond acceptors (Lipinski definition) is 5. The molecular formula is C16H16F4O8P2S. The van der Waals surface area contributed by atoms with Crippen molar-refractivity contribution >= 4 is 25.0 Å². The van der Waals surface area contributed by atoms with E-state index in [-0.39, 0.29) is 16.9 Å². The second kappa shape index (κ2) is 9.01. The van der Waals surface area contributed by atoms with Gasteiger partial charge in [-0.2, -0.15) is 17.6 Å². The Hall–Kier alpha value is -1.75. The first-order valence-electron chi connectivity index (χ1n) is 8.16. The summed E-state index contributed by atoms with van der Waals surface area (Å²) in [6.07, 6.45) is -3.61. The minimum Gasteiger partial charge on any atom is -0.421 e. The molecule has 0 bridgehead atoms. The average Bonchev–Trinajstić information content (AvgIpc) is 2.62. The van der Waals surface area contributed by atoms with Gasteiger partial charge in [-0.05, 0) is 23.3 Å². The molecule has 0 heterocycles. The van der Waals surface area contributed by atoms with E-state index < -0.39 is 53.9 Å². The molecule has 8 nitrogen and oxygen atoms in total. The summed E-state index contributed by atoms with van der Waals surface area (Å²) in [7, 11) is -14.8. The van der Waals surface area contributed by atoms with Crippen LogP contribution in [0.4, 0.5) is 17.6 Å². The van der Waals surface area contributed by atoms with Crippen molar-refractivity contribution in [2.45, 2.75) is 23.3 Å². The van der Waals surface area contributed by atoms with E-state index in [1.54, 1.807) is 0 Å². The first-order valence-corrected chi connectivity index (χ1v) is 13.2. The number of halogens is 4. The summed E-state index contributed by atoms with van der Waals surface area (Å²) in [6.45, 7) is 0. The number of alkyl halides is 4. The molecule has 1 unspecified atom stereocenters. The van der Waals surface area contributed by atoms with E-state index in [0.717, 1.165) is 24.3 Å². The normalized spacial score (nSPS) is 15.0. The predicted octanol–water partition coefficient (Wildman–Crippen LogP) is 3.82. The Balaban J connectivity index is 2.09. The zero-order valence-electron chi connectivity index (χ0n) is 15.3. The molecule has 0 aromatic heterocycles. The zero-order valence-corrected chi connectivity index (χ0v) is 17.9. The maximum absolute atomic E-state index is 13.6. The van der Waals surface area contributed by atoms with Crippen molar-refractivity contribution in [2.75, 3.05) is 0 Å². The Morgan fingerprint density at radius 2 is 1.29 bits per heavy atom. The van der Waals surface area contributed by atoms with Crippen LogP contribution in [-0.2, 0) is 36.1 Å². The molecule has 0 spiro atoms. The summed E-state index contributed by atoms with van der Waals surface area (Å²) in [6, 6.07) is 7.86. The van der Waals surface area contributed by atoms with Crippen molar-refractivity contribution in [3.05, 3.63) is 65.2 Å². The van der Waals surface area contributed by atoms with Gasteiger partial charge in [0.05, 0.1) is 11.5 Å². The van der Waals surface area contributed by atoms with E-state index in [1.807, 2.05) is 0 Å². The number of hydrogen-bond donors (Lipinski definition) is 3. The predicted molar refractivity (Wildman–Crippen MR) is 102 cm³/mol. The van der Waals surface area contributed by atoms with Crippen LogP contribution in [0.2, 0.25) is 0 Å². The number of benzene rings is 2. The lowest BCUT2D eigenvalue weighted by molar-refractivity contribution is 0.0564. The van der Waals surface area contributed by atoms with Crippen molar-refractivity contribution in [1.29, 1.82) is 0 Å². The Bertz CT molecular complexity index is 1120. The van der Waals surface area contributed by atoms with Crippen LogP contribution in [0.1, 0.15) is 16.7 Å². The van der Waals surface area contributed by atoms with Crippen LogP contribution < -0.4 is 4.52 Å². The molecule has 0 saturated carbocycles. The van der Waals surface area contributed by atoms with Crippen LogP contribution in [0.25, 0.3) is 0 Å². The standard InChI is InChI=1S/C16H16F4O8P2S/c17-15(18)29(21,22)28-14-7-3-12(4-8-14)10-31(26,27)9-11-1-5-13(6-2-11)16(19,20)30(23,24)25/h1-8,15H,9-10H2,(H,21,22)(H2,23,24,25). The lowest BCUT2D eigenvalue weighted by Gasteiger charge is -2.18. The van der Waals surface area contributed by atoms with E-state index in [0.29, 0.717) is 12.1 Å². The van der Waals surface area contributed by atoms with E-state index in [1.165, 1.54) is 12.1 Å². The molecule has 0 radical (unpaired) electrons. The molecule has 1 atom stereocenters. The van der Waals surface area contributed by atoms with E-state index in [9.17, 15) is 35.1 Å². The first-order chi connectivity index (χ1) is 14.0. The van der Waals surface area contributed by atoms with Crippen molar-refractivity contribution in [3.63, 3.8) is 0 Å². The van der Waals surface area contributed by atoms with Gasteiger partial charge in [0.1, 0.15) is 5.75 Å². The monoisotopic (exact) mass is 506 g/mol. The highest BCUT2D eigenvalue weighted by Crippen LogP contribution is 2.59. The molecule has 0 aliphatic heterocycles. The summed E-state index contributed by atoms with van der Waals surface area (Å²) >= 11 is 0. The molecule has 172 valence electrons. The third kappa shape index (κ3) is 6.61. The van der Waals surface area contributed by atoms with Crippen LogP contribution in [-0.4, -0.2) is 29.3 Å². The van der Waals surface area contributed by atoms with Crippen LogP contribution >= 0.6 is 15.2 Å². The molecule has 15 heteroatoms. The average molecular weight is 506 g/mol.